The molecule has 0 radical (unpaired) electrons. The van der Waals surface area contributed by atoms with Crippen LogP contribution in [0.15, 0.2) is 18.3 Å². The van der Waals surface area contributed by atoms with Crippen LogP contribution in [0.2, 0.25) is 0 Å². The lowest BCUT2D eigenvalue weighted by atomic mass is 10.2. The maximum atomic E-state index is 5.56. The fourth-order valence-electron chi connectivity index (χ4n) is 1.25. The topological polar surface area (TPSA) is 51.4 Å². The van der Waals surface area contributed by atoms with E-state index in [1.54, 1.807) is 13.3 Å². The molecule has 1 aromatic rings. The summed E-state index contributed by atoms with van der Waals surface area (Å²) in [5.74, 6) is 0. The fourth-order valence-corrected chi connectivity index (χ4v) is 1.25. The zero-order valence-electron chi connectivity index (χ0n) is 9.44. The van der Waals surface area contributed by atoms with Gasteiger partial charge < -0.3 is 15.4 Å². The Balaban J connectivity index is 2.27. The first-order chi connectivity index (χ1) is 7.22. The van der Waals surface area contributed by atoms with Crippen LogP contribution >= 0.6 is 0 Å². The number of pyridine rings is 1. The van der Waals surface area contributed by atoms with E-state index < -0.39 is 0 Å². The summed E-state index contributed by atoms with van der Waals surface area (Å²) in [5, 5.41) is 0. The molecule has 0 saturated heterocycles. The second-order valence-electron chi connectivity index (χ2n) is 3.63. The van der Waals surface area contributed by atoms with Gasteiger partial charge in [-0.1, -0.05) is 0 Å². The minimum atomic E-state index is 0.714. The van der Waals surface area contributed by atoms with E-state index in [9.17, 15) is 0 Å². The maximum Gasteiger partial charge on any atom is 0.0589 e. The quantitative estimate of drug-likeness (QED) is 0.752. The van der Waals surface area contributed by atoms with Crippen LogP contribution in [0.5, 0.6) is 0 Å². The number of nitrogens with two attached hydrogens (primary N) is 1. The van der Waals surface area contributed by atoms with Gasteiger partial charge in [0.05, 0.1) is 18.5 Å². The molecular formula is C11H19N3O. The molecule has 0 aromatic carbocycles. The number of aromatic nitrogens is 1. The van der Waals surface area contributed by atoms with E-state index >= 15 is 0 Å². The Morgan fingerprint density at radius 1 is 1.40 bits per heavy atom. The van der Waals surface area contributed by atoms with E-state index in [1.165, 1.54) is 0 Å². The predicted molar refractivity (Wildman–Crippen MR) is 61.7 cm³/mol. The molecule has 0 aliphatic rings. The third kappa shape index (κ3) is 4.76. The predicted octanol–water partition coefficient (Wildman–Crippen LogP) is 0.784. The number of ether oxygens (including phenoxy) is 1. The van der Waals surface area contributed by atoms with Crippen LogP contribution in [0.1, 0.15) is 5.69 Å². The third-order valence-corrected chi connectivity index (χ3v) is 2.27. The second-order valence-corrected chi connectivity index (χ2v) is 3.63. The van der Waals surface area contributed by atoms with E-state index in [4.69, 9.17) is 10.5 Å². The molecule has 4 nitrogen and oxygen atoms in total. The minimum Gasteiger partial charge on any atom is -0.397 e. The van der Waals surface area contributed by atoms with Gasteiger partial charge in [-0.15, -0.1) is 0 Å². The maximum absolute atomic E-state index is 5.56. The Labute approximate surface area is 91.1 Å². The van der Waals surface area contributed by atoms with Crippen LogP contribution in [0.25, 0.3) is 0 Å². The molecule has 0 bridgehead atoms. The molecule has 2 N–H and O–H groups in total. The van der Waals surface area contributed by atoms with E-state index in [-0.39, 0.29) is 0 Å². The first kappa shape index (κ1) is 11.9. The minimum absolute atomic E-state index is 0.714. The number of hydrogen-bond acceptors (Lipinski definition) is 4. The first-order valence-electron chi connectivity index (χ1n) is 5.10. The van der Waals surface area contributed by atoms with Crippen molar-refractivity contribution in [1.82, 2.24) is 9.88 Å². The number of hydrogen-bond donors (Lipinski definition) is 1. The summed E-state index contributed by atoms with van der Waals surface area (Å²) in [6.45, 7) is 2.71. The molecule has 1 aromatic heterocycles. The van der Waals surface area contributed by atoms with Crippen molar-refractivity contribution < 1.29 is 4.74 Å². The van der Waals surface area contributed by atoms with Crippen molar-refractivity contribution in [1.29, 1.82) is 0 Å². The van der Waals surface area contributed by atoms with Gasteiger partial charge in [0.1, 0.15) is 0 Å². The van der Waals surface area contributed by atoms with Gasteiger partial charge in [-0.25, -0.2) is 0 Å². The zero-order valence-corrected chi connectivity index (χ0v) is 9.44. The molecule has 1 heterocycles. The Morgan fingerprint density at radius 3 is 2.80 bits per heavy atom. The highest BCUT2D eigenvalue weighted by molar-refractivity contribution is 5.34. The van der Waals surface area contributed by atoms with E-state index in [1.807, 2.05) is 12.1 Å². The standard InChI is InChI=1S/C11H19N3O/c1-14(7-8-15-2)6-5-11-4-3-10(12)9-13-11/h3-4,9H,5-8,12H2,1-2H3. The number of rotatable bonds is 6. The lowest BCUT2D eigenvalue weighted by Crippen LogP contribution is -2.25. The summed E-state index contributed by atoms with van der Waals surface area (Å²) < 4.78 is 5.01. The van der Waals surface area contributed by atoms with Crippen molar-refractivity contribution in [3.05, 3.63) is 24.0 Å². The van der Waals surface area contributed by atoms with Gasteiger partial charge in [0, 0.05) is 32.3 Å². The summed E-state index contributed by atoms with van der Waals surface area (Å²) in [4.78, 5) is 6.47. The molecular weight excluding hydrogens is 190 g/mol. The Bertz CT molecular complexity index is 274. The molecule has 0 amide bonds. The van der Waals surface area contributed by atoms with Gasteiger partial charge in [-0.05, 0) is 19.2 Å². The van der Waals surface area contributed by atoms with Gasteiger partial charge in [0.15, 0.2) is 0 Å². The summed E-state index contributed by atoms with van der Waals surface area (Å²) >= 11 is 0. The van der Waals surface area contributed by atoms with Crippen LogP contribution in [0, 0.1) is 0 Å². The molecule has 0 aliphatic carbocycles. The zero-order chi connectivity index (χ0) is 11.1. The van der Waals surface area contributed by atoms with E-state index in [0.29, 0.717) is 5.69 Å². The summed E-state index contributed by atoms with van der Waals surface area (Å²) in [7, 11) is 3.80. The van der Waals surface area contributed by atoms with Crippen LogP contribution in [0.4, 0.5) is 5.69 Å². The van der Waals surface area contributed by atoms with Crippen molar-refractivity contribution >= 4 is 5.69 Å². The highest BCUT2D eigenvalue weighted by Gasteiger charge is 1.99. The van der Waals surface area contributed by atoms with Crippen LogP contribution in [-0.2, 0) is 11.2 Å². The lowest BCUT2D eigenvalue weighted by molar-refractivity contribution is 0.162. The second kappa shape index (κ2) is 6.37. The summed E-state index contributed by atoms with van der Waals surface area (Å²) in [6, 6.07) is 3.86. The van der Waals surface area contributed by atoms with Gasteiger partial charge in [0.25, 0.3) is 0 Å². The van der Waals surface area contributed by atoms with Crippen LogP contribution in [0.3, 0.4) is 0 Å². The number of methoxy groups -OCH3 is 1. The highest BCUT2D eigenvalue weighted by atomic mass is 16.5. The number of anilines is 1. The van der Waals surface area contributed by atoms with E-state index in [2.05, 4.69) is 16.9 Å². The number of nitrogens with zero attached hydrogens (tertiary/aromatic N) is 2. The van der Waals surface area contributed by atoms with Crippen LogP contribution < -0.4 is 5.73 Å². The first-order valence-corrected chi connectivity index (χ1v) is 5.10. The molecule has 1 rings (SSSR count). The Kier molecular flexibility index (Phi) is 5.07. The average Bonchev–Trinajstić information content (AvgIpc) is 2.25. The summed E-state index contributed by atoms with van der Waals surface area (Å²) in [6.07, 6.45) is 2.64. The van der Waals surface area contributed by atoms with Gasteiger partial charge in [-0.3, -0.25) is 4.98 Å². The van der Waals surface area contributed by atoms with E-state index in [0.717, 1.165) is 31.8 Å². The normalized spacial score (nSPS) is 10.9. The van der Waals surface area contributed by atoms with Crippen LogP contribution in [-0.4, -0.2) is 43.7 Å². The summed E-state index contributed by atoms with van der Waals surface area (Å²) in [5.41, 5.74) is 7.35. The molecule has 0 aliphatic heterocycles. The molecule has 0 saturated carbocycles. The SMILES string of the molecule is COCCN(C)CCc1ccc(N)cn1. The van der Waals surface area contributed by atoms with Crippen molar-refractivity contribution in [2.24, 2.45) is 0 Å². The van der Waals surface area contributed by atoms with Crippen molar-refractivity contribution in [3.8, 4) is 0 Å². The molecule has 4 heteroatoms. The van der Waals surface area contributed by atoms with Crippen molar-refractivity contribution in [2.45, 2.75) is 6.42 Å². The molecule has 0 unspecified atom stereocenters. The molecule has 0 spiro atoms. The Morgan fingerprint density at radius 2 is 2.20 bits per heavy atom. The largest absolute Gasteiger partial charge is 0.397 e. The monoisotopic (exact) mass is 209 g/mol. The lowest BCUT2D eigenvalue weighted by Gasteiger charge is -2.15. The number of nitrogen functional groups attached to an aromatic ring is 1. The van der Waals surface area contributed by atoms with Gasteiger partial charge in [0.2, 0.25) is 0 Å². The third-order valence-electron chi connectivity index (χ3n) is 2.27. The van der Waals surface area contributed by atoms with Gasteiger partial charge in [-0.2, -0.15) is 0 Å². The van der Waals surface area contributed by atoms with Gasteiger partial charge >= 0.3 is 0 Å². The van der Waals surface area contributed by atoms with Crippen molar-refractivity contribution in [2.75, 3.05) is 39.6 Å². The molecule has 0 fully saturated rings. The highest BCUT2D eigenvalue weighted by Crippen LogP contribution is 2.02. The molecule has 0 atom stereocenters. The fraction of sp³-hybridized carbons (Fsp3) is 0.545. The molecule has 84 valence electrons. The Hall–Kier alpha value is -1.13. The average molecular weight is 209 g/mol. The smallest absolute Gasteiger partial charge is 0.0589 e. The van der Waals surface area contributed by atoms with Crippen molar-refractivity contribution in [3.63, 3.8) is 0 Å². The molecule has 15 heavy (non-hydrogen) atoms. The number of likely N-dealkylation sites (N-methyl/N-ethyl adjacent to an activating group) is 1.